The predicted molar refractivity (Wildman–Crippen MR) is 29.2 cm³/mol. The largest absolute Gasteiger partial charge is 0.391 e. The van der Waals surface area contributed by atoms with Crippen LogP contribution in [0.1, 0.15) is 20.8 Å². The first-order valence-corrected chi connectivity index (χ1v) is 1.72. The molecule has 0 unspecified atom stereocenters. The van der Waals surface area contributed by atoms with Gasteiger partial charge >= 0.3 is 0 Å². The van der Waals surface area contributed by atoms with E-state index in [1.165, 1.54) is 0 Å². The number of rotatable bonds is 0. The second-order valence-electron chi connectivity index (χ2n) is 2.17. The van der Waals surface area contributed by atoms with E-state index in [2.05, 4.69) is 0 Å². The molecule has 0 saturated heterocycles. The molecule has 0 heterocycles. The third-order valence-corrected chi connectivity index (χ3v) is 0. The van der Waals surface area contributed by atoms with E-state index in [-0.39, 0.29) is 33.5 Å². The zero-order valence-corrected chi connectivity index (χ0v) is 8.51. The van der Waals surface area contributed by atoms with E-state index in [0.29, 0.717) is 0 Å². The van der Waals surface area contributed by atoms with Gasteiger partial charge in [0.15, 0.2) is 0 Å². The summed E-state index contributed by atoms with van der Waals surface area (Å²) >= 11 is 0. The topological polar surface area (TPSA) is 20.2 Å². The molecular weight excluding hydrogens is 283 g/mol. The van der Waals surface area contributed by atoms with Gasteiger partial charge in [0.05, 0.1) is 5.60 Å². The van der Waals surface area contributed by atoms with Crippen LogP contribution in [0.25, 0.3) is 0 Å². The molecule has 0 amide bonds. The molecule has 0 spiro atoms. The van der Waals surface area contributed by atoms with Gasteiger partial charge in [0.25, 0.3) is 0 Å². The summed E-state index contributed by atoms with van der Waals surface area (Å²) in [4.78, 5) is 0. The summed E-state index contributed by atoms with van der Waals surface area (Å²) in [6.45, 7) is 5.23. The molecule has 0 aromatic carbocycles. The van der Waals surface area contributed by atoms with Gasteiger partial charge in [0, 0.05) is 21.1 Å². The second kappa shape index (κ2) is 5.08. The fourth-order valence-electron chi connectivity index (χ4n) is 0. The third-order valence-electron chi connectivity index (χ3n) is 0. The Morgan fingerprint density at radius 2 is 1.14 bits per heavy atom. The first kappa shape index (κ1) is 15.7. The van der Waals surface area contributed by atoms with E-state index in [9.17, 15) is 0 Å². The predicted octanol–water partition coefficient (Wildman–Crippen LogP) is 1.20. The Kier molecular flexibility index (Phi) is 11.4. The fraction of sp³-hybridized carbons (Fsp3) is 1.00. The maximum absolute atomic E-state index is 8.52. The van der Waals surface area contributed by atoms with E-state index in [4.69, 9.17) is 5.11 Å². The summed E-state index contributed by atoms with van der Waals surface area (Å²) in [5.74, 6) is 0. The average molecular weight is 294 g/mol. The molecule has 0 radical (unpaired) electrons. The zero-order chi connectivity index (χ0) is 4.50. The minimum Gasteiger partial charge on any atom is -0.391 e. The molecule has 0 aliphatic heterocycles. The van der Waals surface area contributed by atoms with Crippen LogP contribution in [0, 0.1) is 0 Å². The van der Waals surface area contributed by atoms with Gasteiger partial charge < -0.3 is 5.11 Å². The van der Waals surface area contributed by atoms with Crippen molar-refractivity contribution in [2.24, 2.45) is 0 Å². The molecule has 1 nitrogen and oxygen atoms in total. The van der Waals surface area contributed by atoms with Crippen LogP contribution in [0.3, 0.4) is 0 Å². The average Bonchev–Trinajstić information content (AvgIpc) is 0.722. The van der Waals surface area contributed by atoms with E-state index in [1.807, 2.05) is 0 Å². The first-order valence-electron chi connectivity index (χ1n) is 1.72. The van der Waals surface area contributed by atoms with Gasteiger partial charge in [-0.1, -0.05) is 0 Å². The first-order chi connectivity index (χ1) is 2.00. The van der Waals surface area contributed by atoms with Crippen LogP contribution in [0.4, 0.5) is 0 Å². The Labute approximate surface area is 65.2 Å². The molecule has 0 bridgehead atoms. The SMILES string of the molecule is CC(C)(C)O.Cl.[W]. The number of hydrogen-bond donors (Lipinski definition) is 1. The Hall–Kier alpha value is 0.938. The van der Waals surface area contributed by atoms with Crippen molar-refractivity contribution < 1.29 is 26.2 Å². The Bertz CT molecular complexity index is 27.2. The van der Waals surface area contributed by atoms with Crippen LogP contribution in [0.5, 0.6) is 0 Å². The molecule has 0 aliphatic rings. The van der Waals surface area contributed by atoms with Crippen molar-refractivity contribution in [3.8, 4) is 0 Å². The molecule has 0 aromatic rings. The summed E-state index contributed by atoms with van der Waals surface area (Å²) in [7, 11) is 0. The Morgan fingerprint density at radius 3 is 1.14 bits per heavy atom. The van der Waals surface area contributed by atoms with Gasteiger partial charge in [-0.05, 0) is 20.8 Å². The van der Waals surface area contributed by atoms with Crippen molar-refractivity contribution in [1.29, 1.82) is 0 Å². The monoisotopic (exact) mass is 294 g/mol. The standard InChI is InChI=1S/C4H10O.ClH.W/c1-4(2,3)5;;/h5H,1-3H3;1H;. The van der Waals surface area contributed by atoms with E-state index in [1.54, 1.807) is 20.8 Å². The summed E-state index contributed by atoms with van der Waals surface area (Å²) in [5.41, 5.74) is -0.500. The van der Waals surface area contributed by atoms with E-state index < -0.39 is 5.60 Å². The fourth-order valence-corrected chi connectivity index (χ4v) is 0. The molecular formula is C4H11ClOW. The van der Waals surface area contributed by atoms with Gasteiger partial charge in [0.2, 0.25) is 0 Å². The van der Waals surface area contributed by atoms with E-state index in [0.717, 1.165) is 0 Å². The molecule has 46 valence electrons. The molecule has 0 rings (SSSR count). The normalized spacial score (nSPS) is 8.57. The van der Waals surface area contributed by atoms with Crippen LogP contribution in [-0.4, -0.2) is 10.7 Å². The number of aliphatic hydroxyl groups is 1. The molecule has 0 fully saturated rings. The molecule has 7 heavy (non-hydrogen) atoms. The Balaban J connectivity index is -0.0000000800. The molecule has 0 aromatic heterocycles. The molecule has 0 aliphatic carbocycles. The summed E-state index contributed by atoms with van der Waals surface area (Å²) < 4.78 is 0. The van der Waals surface area contributed by atoms with Crippen molar-refractivity contribution >= 4 is 12.4 Å². The van der Waals surface area contributed by atoms with Crippen molar-refractivity contribution in [1.82, 2.24) is 0 Å². The van der Waals surface area contributed by atoms with Gasteiger partial charge in [-0.25, -0.2) is 0 Å². The van der Waals surface area contributed by atoms with Crippen LogP contribution in [0.2, 0.25) is 0 Å². The molecule has 0 atom stereocenters. The van der Waals surface area contributed by atoms with Crippen LogP contribution >= 0.6 is 12.4 Å². The maximum Gasteiger partial charge on any atom is 0.0563 e. The number of halogens is 1. The summed E-state index contributed by atoms with van der Waals surface area (Å²) in [6, 6.07) is 0. The van der Waals surface area contributed by atoms with Gasteiger partial charge in [-0.15, -0.1) is 12.4 Å². The second-order valence-corrected chi connectivity index (χ2v) is 2.17. The Morgan fingerprint density at radius 1 is 1.14 bits per heavy atom. The van der Waals surface area contributed by atoms with Crippen molar-refractivity contribution in [2.45, 2.75) is 26.4 Å². The van der Waals surface area contributed by atoms with Gasteiger partial charge in [-0.2, -0.15) is 0 Å². The third kappa shape index (κ3) is 192. The van der Waals surface area contributed by atoms with E-state index >= 15 is 0 Å². The van der Waals surface area contributed by atoms with Gasteiger partial charge in [-0.3, -0.25) is 0 Å². The van der Waals surface area contributed by atoms with Gasteiger partial charge in [0.1, 0.15) is 0 Å². The van der Waals surface area contributed by atoms with Crippen LogP contribution in [-0.2, 0) is 21.1 Å². The minimum atomic E-state index is -0.500. The van der Waals surface area contributed by atoms with Crippen molar-refractivity contribution in [3.05, 3.63) is 0 Å². The summed E-state index contributed by atoms with van der Waals surface area (Å²) in [6.07, 6.45) is 0. The molecule has 0 saturated carbocycles. The molecule has 1 N–H and O–H groups in total. The smallest absolute Gasteiger partial charge is 0.0563 e. The van der Waals surface area contributed by atoms with Crippen molar-refractivity contribution in [2.75, 3.05) is 0 Å². The summed E-state index contributed by atoms with van der Waals surface area (Å²) in [5, 5.41) is 8.52. The zero-order valence-electron chi connectivity index (χ0n) is 4.76. The van der Waals surface area contributed by atoms with Crippen LogP contribution < -0.4 is 0 Å². The quantitative estimate of drug-likeness (QED) is 0.712. The minimum absolute atomic E-state index is 0. The van der Waals surface area contributed by atoms with Crippen molar-refractivity contribution in [3.63, 3.8) is 0 Å². The van der Waals surface area contributed by atoms with Crippen LogP contribution in [0.15, 0.2) is 0 Å². The maximum atomic E-state index is 8.52. The molecule has 3 heteroatoms. The number of hydrogen-bond acceptors (Lipinski definition) is 1.